The third kappa shape index (κ3) is 9.66. The van der Waals surface area contributed by atoms with E-state index in [0.29, 0.717) is 0 Å². The van der Waals surface area contributed by atoms with Gasteiger partial charge in [-0.3, -0.25) is 0 Å². The van der Waals surface area contributed by atoms with Gasteiger partial charge in [0.25, 0.3) is 0 Å². The van der Waals surface area contributed by atoms with Gasteiger partial charge in [0.1, 0.15) is 6.54 Å². The molecule has 120 valence electrons. The zero-order chi connectivity index (χ0) is 15.2. The number of unbranched alkanes of at least 4 members (excludes halogenated alkanes) is 9. The predicted molar refractivity (Wildman–Crippen MR) is 92.5 cm³/mol. The van der Waals surface area contributed by atoms with Gasteiger partial charge in [-0.25, -0.2) is 4.57 Å². The van der Waals surface area contributed by atoms with E-state index in [2.05, 4.69) is 42.9 Å². The van der Waals surface area contributed by atoms with E-state index in [0.717, 1.165) is 0 Å². The Balaban J connectivity index is 2.07. The number of hydrogen-bond donors (Lipinski definition) is 0. The van der Waals surface area contributed by atoms with E-state index >= 15 is 0 Å². The van der Waals surface area contributed by atoms with Crippen LogP contribution in [0.15, 0.2) is 24.5 Å². The fourth-order valence-corrected chi connectivity index (χ4v) is 2.81. The first-order chi connectivity index (χ1) is 10.4. The van der Waals surface area contributed by atoms with E-state index < -0.39 is 0 Å². The molecule has 1 nitrogen and oxygen atoms in total. The lowest BCUT2D eigenvalue weighted by Gasteiger charge is -2.02. The molecule has 0 unspecified atom stereocenters. The van der Waals surface area contributed by atoms with Crippen molar-refractivity contribution >= 4 is 0 Å². The number of hydrogen-bond acceptors (Lipinski definition) is 0. The lowest BCUT2D eigenvalue weighted by molar-refractivity contribution is -0.697. The van der Waals surface area contributed by atoms with Crippen LogP contribution in [0, 0.1) is 0 Å². The van der Waals surface area contributed by atoms with Crippen molar-refractivity contribution in [1.29, 1.82) is 0 Å². The minimum atomic E-state index is 1.18. The summed E-state index contributed by atoms with van der Waals surface area (Å²) in [7, 11) is 0. The van der Waals surface area contributed by atoms with Crippen molar-refractivity contribution in [2.45, 2.75) is 97.4 Å². The Labute approximate surface area is 132 Å². The van der Waals surface area contributed by atoms with Crippen LogP contribution in [0.25, 0.3) is 0 Å². The minimum absolute atomic E-state index is 1.18. The Morgan fingerprint density at radius 1 is 0.667 bits per heavy atom. The smallest absolute Gasteiger partial charge is 0.169 e. The molecule has 1 aromatic heterocycles. The molecular formula is C20H36N+. The zero-order valence-electron chi connectivity index (χ0n) is 14.4. The highest BCUT2D eigenvalue weighted by molar-refractivity contribution is 5.07. The molecule has 21 heavy (non-hydrogen) atoms. The van der Waals surface area contributed by atoms with Crippen LogP contribution in [0.2, 0.25) is 0 Å². The first-order valence-corrected chi connectivity index (χ1v) is 9.34. The molecule has 0 aliphatic carbocycles. The Kier molecular flexibility index (Phi) is 11.1. The summed E-state index contributed by atoms with van der Waals surface area (Å²) in [6, 6.07) is 4.63. The maximum Gasteiger partial charge on any atom is 0.169 e. The zero-order valence-corrected chi connectivity index (χ0v) is 14.4. The van der Waals surface area contributed by atoms with Gasteiger partial charge in [0.15, 0.2) is 12.4 Å². The molecule has 1 rings (SSSR count). The highest BCUT2D eigenvalue weighted by atomic mass is 14.9. The van der Waals surface area contributed by atoms with Gasteiger partial charge < -0.3 is 0 Å². The van der Waals surface area contributed by atoms with Gasteiger partial charge in [-0.15, -0.1) is 0 Å². The average molecular weight is 291 g/mol. The van der Waals surface area contributed by atoms with Crippen molar-refractivity contribution < 1.29 is 4.57 Å². The molecule has 1 heterocycles. The molecule has 0 atom stereocenters. The van der Waals surface area contributed by atoms with Crippen molar-refractivity contribution in [3.05, 3.63) is 30.1 Å². The molecule has 0 radical (unpaired) electrons. The highest BCUT2D eigenvalue weighted by Gasteiger charge is 2.01. The molecule has 0 amide bonds. The second-order valence-electron chi connectivity index (χ2n) is 6.38. The summed E-state index contributed by atoms with van der Waals surface area (Å²) in [4.78, 5) is 0. The van der Waals surface area contributed by atoms with Gasteiger partial charge in [-0.2, -0.15) is 0 Å². The normalized spacial score (nSPS) is 11.0. The van der Waals surface area contributed by atoms with E-state index in [9.17, 15) is 0 Å². The fraction of sp³-hybridized carbons (Fsp3) is 0.750. The largest absolute Gasteiger partial charge is 0.205 e. The van der Waals surface area contributed by atoms with Crippen LogP contribution in [0.5, 0.6) is 0 Å². The summed E-state index contributed by atoms with van der Waals surface area (Å²) < 4.78 is 2.35. The minimum Gasteiger partial charge on any atom is -0.205 e. The van der Waals surface area contributed by atoms with Crippen molar-refractivity contribution in [2.75, 3.05) is 0 Å². The van der Waals surface area contributed by atoms with Gasteiger partial charge in [-0.05, 0) is 24.8 Å². The quantitative estimate of drug-likeness (QED) is 0.317. The van der Waals surface area contributed by atoms with Crippen molar-refractivity contribution in [3.8, 4) is 0 Å². The van der Waals surface area contributed by atoms with Crippen molar-refractivity contribution in [2.24, 2.45) is 0 Å². The van der Waals surface area contributed by atoms with Gasteiger partial charge in [0.2, 0.25) is 0 Å². The molecular weight excluding hydrogens is 254 g/mol. The Morgan fingerprint density at radius 3 is 1.81 bits per heavy atom. The molecule has 0 saturated heterocycles. The summed E-state index contributed by atoms with van der Waals surface area (Å²) in [5.74, 6) is 0. The average Bonchev–Trinajstić information content (AvgIpc) is 2.52. The summed E-state index contributed by atoms with van der Waals surface area (Å²) in [6.07, 6.45) is 21.0. The second kappa shape index (κ2) is 12.9. The van der Waals surface area contributed by atoms with E-state index in [1.165, 1.54) is 89.2 Å². The topological polar surface area (TPSA) is 3.88 Å². The summed E-state index contributed by atoms with van der Waals surface area (Å²) in [5.41, 5.74) is 1.50. The SMILES string of the molecule is CCCCCCCCC[n+]1ccc(CCCCCC)cc1. The highest BCUT2D eigenvalue weighted by Crippen LogP contribution is 2.08. The third-order valence-corrected chi connectivity index (χ3v) is 4.30. The van der Waals surface area contributed by atoms with E-state index in [1.807, 2.05) is 0 Å². The maximum absolute atomic E-state index is 2.35. The molecule has 1 heteroatoms. The molecule has 0 bridgehead atoms. The van der Waals surface area contributed by atoms with Gasteiger partial charge in [0, 0.05) is 18.6 Å². The standard InChI is InChI=1S/C20H36N/c1-3-5-7-9-10-11-13-17-21-18-15-20(16-19-21)14-12-8-6-4-2/h15-16,18-19H,3-14,17H2,1-2H3/q+1. The van der Waals surface area contributed by atoms with E-state index in [4.69, 9.17) is 0 Å². The fourth-order valence-electron chi connectivity index (χ4n) is 2.81. The van der Waals surface area contributed by atoms with Gasteiger partial charge in [0.05, 0.1) is 0 Å². The number of pyridine rings is 1. The maximum atomic E-state index is 2.35. The Hall–Kier alpha value is -0.850. The third-order valence-electron chi connectivity index (χ3n) is 4.30. The van der Waals surface area contributed by atoms with Crippen LogP contribution in [0.1, 0.15) is 90.0 Å². The van der Waals surface area contributed by atoms with Crippen LogP contribution in [0.3, 0.4) is 0 Å². The molecule has 0 aromatic carbocycles. The molecule has 1 aromatic rings. The molecule has 0 saturated carbocycles. The van der Waals surface area contributed by atoms with E-state index in [-0.39, 0.29) is 0 Å². The van der Waals surface area contributed by atoms with Crippen molar-refractivity contribution in [3.63, 3.8) is 0 Å². The van der Waals surface area contributed by atoms with Crippen LogP contribution in [0.4, 0.5) is 0 Å². The Bertz CT molecular complexity index is 328. The molecule has 0 aliphatic heterocycles. The monoisotopic (exact) mass is 290 g/mol. The van der Waals surface area contributed by atoms with E-state index in [1.54, 1.807) is 0 Å². The lowest BCUT2D eigenvalue weighted by Crippen LogP contribution is -2.32. The van der Waals surface area contributed by atoms with Crippen LogP contribution in [-0.2, 0) is 13.0 Å². The summed E-state index contributed by atoms with van der Waals surface area (Å²) in [6.45, 7) is 5.74. The molecule has 0 N–H and O–H groups in total. The first-order valence-electron chi connectivity index (χ1n) is 9.34. The van der Waals surface area contributed by atoms with Crippen LogP contribution < -0.4 is 4.57 Å². The van der Waals surface area contributed by atoms with Crippen molar-refractivity contribution in [1.82, 2.24) is 0 Å². The molecule has 0 fully saturated rings. The second-order valence-corrected chi connectivity index (χ2v) is 6.38. The Morgan fingerprint density at radius 2 is 1.19 bits per heavy atom. The number of nitrogens with zero attached hydrogens (tertiary/aromatic N) is 1. The number of rotatable bonds is 13. The van der Waals surface area contributed by atoms with Gasteiger partial charge >= 0.3 is 0 Å². The lowest BCUT2D eigenvalue weighted by atomic mass is 10.1. The summed E-state index contributed by atoms with van der Waals surface area (Å²) in [5, 5.41) is 0. The van der Waals surface area contributed by atoms with Gasteiger partial charge in [-0.1, -0.05) is 65.2 Å². The first kappa shape index (κ1) is 18.2. The number of aromatic nitrogens is 1. The molecule has 0 aliphatic rings. The number of aryl methyl sites for hydroxylation is 2. The predicted octanol–water partition coefficient (Wildman–Crippen LogP) is 5.85. The molecule has 0 spiro atoms. The van der Waals surface area contributed by atoms with Crippen LogP contribution in [-0.4, -0.2) is 0 Å². The summed E-state index contributed by atoms with van der Waals surface area (Å²) >= 11 is 0. The van der Waals surface area contributed by atoms with Crippen LogP contribution >= 0.6 is 0 Å².